The lowest BCUT2D eigenvalue weighted by Gasteiger charge is -2.17. The van der Waals surface area contributed by atoms with Crippen LogP contribution in [0.4, 0.5) is 0 Å². The number of hydrogen-bond acceptors (Lipinski definition) is 5. The molecule has 0 N–H and O–H groups in total. The molecule has 0 aliphatic rings. The number of sulfonamides is 1. The fourth-order valence-electron chi connectivity index (χ4n) is 1.11. The molecule has 0 spiro atoms. The van der Waals surface area contributed by atoms with Crippen molar-refractivity contribution in [2.24, 2.45) is 0 Å². The van der Waals surface area contributed by atoms with Gasteiger partial charge in [-0.15, -0.1) is 11.3 Å². The molecule has 0 aliphatic carbocycles. The van der Waals surface area contributed by atoms with E-state index in [4.69, 9.17) is 5.26 Å². The Hall–Kier alpha value is -0.970. The summed E-state index contributed by atoms with van der Waals surface area (Å²) in [6.07, 6.45) is 0. The van der Waals surface area contributed by atoms with Crippen LogP contribution in [0.5, 0.6) is 0 Å². The van der Waals surface area contributed by atoms with E-state index in [0.29, 0.717) is 0 Å². The van der Waals surface area contributed by atoms with Crippen LogP contribution in [-0.2, 0) is 16.6 Å². The Kier molecular flexibility index (Phi) is 4.02. The molecule has 1 heterocycles. The van der Waals surface area contributed by atoms with Gasteiger partial charge in [-0.2, -0.15) is 9.57 Å². The molecule has 1 aromatic rings. The van der Waals surface area contributed by atoms with Gasteiger partial charge in [-0.25, -0.2) is 13.4 Å². The Balaban J connectivity index is 2.86. The first-order valence-corrected chi connectivity index (χ1v) is 7.01. The molecule has 0 aromatic carbocycles. The van der Waals surface area contributed by atoms with E-state index in [1.54, 1.807) is 11.6 Å². The van der Waals surface area contributed by atoms with Crippen molar-refractivity contribution < 1.29 is 8.42 Å². The summed E-state index contributed by atoms with van der Waals surface area (Å²) in [5.74, 6) is 0. The third kappa shape index (κ3) is 2.58. The quantitative estimate of drug-likeness (QED) is 0.812. The van der Waals surface area contributed by atoms with Gasteiger partial charge in [-0.3, -0.25) is 0 Å². The number of aryl methyl sites for hydroxylation is 1. The van der Waals surface area contributed by atoms with Crippen LogP contribution in [0.3, 0.4) is 0 Å². The molecule has 0 radical (unpaired) electrons. The van der Waals surface area contributed by atoms with Gasteiger partial charge in [0.25, 0.3) is 0 Å². The molecular weight excluding hydrogens is 246 g/mol. The highest BCUT2D eigenvalue weighted by atomic mass is 32.2. The maximum Gasteiger partial charge on any atom is 0.230 e. The lowest BCUT2D eigenvalue weighted by Crippen LogP contribution is -2.33. The number of aromatic nitrogens is 1. The summed E-state index contributed by atoms with van der Waals surface area (Å²) < 4.78 is 24.8. The molecule has 0 saturated heterocycles. The van der Waals surface area contributed by atoms with Gasteiger partial charge in [-0.1, -0.05) is 0 Å². The summed E-state index contributed by atoms with van der Waals surface area (Å²) in [5, 5.41) is 7.61. The number of thiazole rings is 1. The Bertz CT molecular complexity index is 501. The van der Waals surface area contributed by atoms with E-state index in [1.165, 1.54) is 29.6 Å². The molecule has 1 aromatic heterocycles. The van der Waals surface area contributed by atoms with Crippen molar-refractivity contribution in [2.45, 2.75) is 25.6 Å². The highest BCUT2D eigenvalue weighted by Gasteiger charge is 2.26. The highest BCUT2D eigenvalue weighted by Crippen LogP contribution is 2.17. The second-order valence-electron chi connectivity index (χ2n) is 3.43. The number of nitriles is 1. The van der Waals surface area contributed by atoms with E-state index < -0.39 is 15.3 Å². The van der Waals surface area contributed by atoms with E-state index in [-0.39, 0.29) is 6.54 Å². The molecule has 0 bridgehead atoms. The van der Waals surface area contributed by atoms with Crippen LogP contribution in [0, 0.1) is 18.3 Å². The molecule has 1 unspecified atom stereocenters. The van der Waals surface area contributed by atoms with E-state index in [0.717, 1.165) is 10.6 Å². The van der Waals surface area contributed by atoms with E-state index in [1.807, 2.05) is 6.92 Å². The van der Waals surface area contributed by atoms with Crippen LogP contribution in [-0.4, -0.2) is 30.0 Å². The van der Waals surface area contributed by atoms with Crippen molar-refractivity contribution in [1.29, 1.82) is 5.26 Å². The monoisotopic (exact) mass is 259 g/mol. The topological polar surface area (TPSA) is 74.1 Å². The van der Waals surface area contributed by atoms with E-state index in [9.17, 15) is 8.42 Å². The van der Waals surface area contributed by atoms with Crippen molar-refractivity contribution in [3.8, 4) is 6.07 Å². The SMILES string of the molecule is Cc1ncsc1CN(C)S(=O)(=O)C(C)C#N. The van der Waals surface area contributed by atoms with Crippen LogP contribution >= 0.6 is 11.3 Å². The van der Waals surface area contributed by atoms with E-state index in [2.05, 4.69) is 4.98 Å². The van der Waals surface area contributed by atoms with Crippen LogP contribution < -0.4 is 0 Å². The minimum Gasteiger partial charge on any atom is -0.250 e. The van der Waals surface area contributed by atoms with Gasteiger partial charge >= 0.3 is 0 Å². The normalized spacial score (nSPS) is 13.7. The maximum atomic E-state index is 11.8. The molecule has 7 heteroatoms. The predicted molar refractivity (Wildman–Crippen MR) is 62.3 cm³/mol. The summed E-state index contributed by atoms with van der Waals surface area (Å²) in [6.45, 7) is 3.48. The third-order valence-corrected chi connectivity index (χ3v) is 5.19. The fraction of sp³-hybridized carbons (Fsp3) is 0.556. The molecule has 1 rings (SSSR count). The zero-order valence-corrected chi connectivity index (χ0v) is 11.0. The Morgan fingerprint density at radius 1 is 1.69 bits per heavy atom. The van der Waals surface area contributed by atoms with Gasteiger partial charge in [0.05, 0.1) is 17.3 Å². The molecule has 0 fully saturated rings. The van der Waals surface area contributed by atoms with Crippen molar-refractivity contribution in [3.05, 3.63) is 16.1 Å². The maximum absolute atomic E-state index is 11.8. The lowest BCUT2D eigenvalue weighted by atomic mass is 10.4. The molecule has 1 atom stereocenters. The van der Waals surface area contributed by atoms with Crippen molar-refractivity contribution >= 4 is 21.4 Å². The second kappa shape index (κ2) is 4.91. The average Bonchev–Trinajstić information content (AvgIpc) is 2.63. The summed E-state index contributed by atoms with van der Waals surface area (Å²) in [4.78, 5) is 4.95. The van der Waals surface area contributed by atoms with Gasteiger partial charge < -0.3 is 0 Å². The molecule has 0 aliphatic heterocycles. The zero-order valence-electron chi connectivity index (χ0n) is 9.34. The number of hydrogen-bond donors (Lipinski definition) is 0. The van der Waals surface area contributed by atoms with Crippen molar-refractivity contribution in [2.75, 3.05) is 7.05 Å². The Morgan fingerprint density at radius 2 is 2.31 bits per heavy atom. The molecule has 0 saturated carbocycles. The molecule has 16 heavy (non-hydrogen) atoms. The van der Waals surface area contributed by atoms with Gasteiger partial charge in [0.15, 0.2) is 5.25 Å². The first-order valence-electron chi connectivity index (χ1n) is 4.63. The average molecular weight is 259 g/mol. The van der Waals surface area contributed by atoms with Crippen LogP contribution in [0.25, 0.3) is 0 Å². The first-order chi connectivity index (χ1) is 7.39. The van der Waals surface area contributed by atoms with Crippen molar-refractivity contribution in [3.63, 3.8) is 0 Å². The second-order valence-corrected chi connectivity index (χ2v) is 6.73. The molecule has 0 amide bonds. The number of rotatable bonds is 4. The third-order valence-electron chi connectivity index (χ3n) is 2.27. The Labute approximate surface area is 99.4 Å². The van der Waals surface area contributed by atoms with Gasteiger partial charge in [0.2, 0.25) is 10.0 Å². The van der Waals surface area contributed by atoms with Gasteiger partial charge in [0.1, 0.15) is 0 Å². The molecule has 5 nitrogen and oxygen atoms in total. The van der Waals surface area contributed by atoms with Crippen LogP contribution in [0.15, 0.2) is 5.51 Å². The van der Waals surface area contributed by atoms with Crippen LogP contribution in [0.2, 0.25) is 0 Å². The molecule has 88 valence electrons. The number of nitrogens with zero attached hydrogens (tertiary/aromatic N) is 3. The smallest absolute Gasteiger partial charge is 0.230 e. The minimum atomic E-state index is -3.53. The summed E-state index contributed by atoms with van der Waals surface area (Å²) in [5.41, 5.74) is 2.51. The van der Waals surface area contributed by atoms with Crippen LogP contribution in [0.1, 0.15) is 17.5 Å². The van der Waals surface area contributed by atoms with Crippen molar-refractivity contribution in [1.82, 2.24) is 9.29 Å². The molecular formula is C9H13N3O2S2. The largest absolute Gasteiger partial charge is 0.250 e. The highest BCUT2D eigenvalue weighted by molar-refractivity contribution is 7.89. The summed E-state index contributed by atoms with van der Waals surface area (Å²) in [6, 6.07) is 1.74. The Morgan fingerprint density at radius 3 is 2.75 bits per heavy atom. The summed E-state index contributed by atoms with van der Waals surface area (Å²) >= 11 is 1.41. The first kappa shape index (κ1) is 13.1. The standard InChI is InChI=1S/C9H13N3O2S2/c1-7(4-10)16(13,14)12(3)5-9-8(2)11-6-15-9/h6-7H,5H2,1-3H3. The fourth-order valence-corrected chi connectivity index (χ4v) is 3.00. The summed E-state index contributed by atoms with van der Waals surface area (Å²) in [7, 11) is -2.06. The minimum absolute atomic E-state index is 0.269. The predicted octanol–water partition coefficient (Wildman–Crippen LogP) is 1.13. The zero-order chi connectivity index (χ0) is 12.3. The van der Waals surface area contributed by atoms with Gasteiger partial charge in [-0.05, 0) is 13.8 Å². The lowest BCUT2D eigenvalue weighted by molar-refractivity contribution is 0.465. The van der Waals surface area contributed by atoms with Gasteiger partial charge in [0, 0.05) is 18.5 Å². The van der Waals surface area contributed by atoms with E-state index >= 15 is 0 Å².